The van der Waals surface area contributed by atoms with E-state index in [2.05, 4.69) is 12.2 Å². The maximum Gasteiger partial charge on any atom is 0.243 e. The Kier molecular flexibility index (Phi) is 5.07. The fourth-order valence-electron chi connectivity index (χ4n) is 3.08. The topological polar surface area (TPSA) is 49.4 Å². The second-order valence-electron chi connectivity index (χ2n) is 6.05. The van der Waals surface area contributed by atoms with Crippen LogP contribution in [0, 0.1) is 12.8 Å². The Balaban J connectivity index is 2.42. The highest BCUT2D eigenvalue weighted by Gasteiger charge is 2.35. The van der Waals surface area contributed by atoms with Crippen LogP contribution in [0.25, 0.3) is 0 Å². The molecule has 118 valence electrons. The summed E-state index contributed by atoms with van der Waals surface area (Å²) in [5, 5.41) is 3.09. The average molecular weight is 310 g/mol. The first-order chi connectivity index (χ1) is 9.89. The van der Waals surface area contributed by atoms with Crippen LogP contribution in [0.5, 0.6) is 0 Å². The number of nitrogens with one attached hydrogen (secondary N) is 1. The summed E-state index contributed by atoms with van der Waals surface area (Å²) >= 11 is 0. The summed E-state index contributed by atoms with van der Waals surface area (Å²) in [6.07, 6.45) is 2.05. The van der Waals surface area contributed by atoms with Crippen molar-refractivity contribution >= 4 is 10.0 Å². The van der Waals surface area contributed by atoms with Crippen molar-refractivity contribution in [3.05, 3.63) is 29.3 Å². The van der Waals surface area contributed by atoms with Crippen molar-refractivity contribution in [1.29, 1.82) is 0 Å². The molecule has 21 heavy (non-hydrogen) atoms. The van der Waals surface area contributed by atoms with E-state index in [1.807, 2.05) is 33.0 Å². The van der Waals surface area contributed by atoms with Crippen molar-refractivity contribution in [3.63, 3.8) is 0 Å². The first-order valence-corrected chi connectivity index (χ1v) is 9.08. The number of benzene rings is 1. The number of hydrogen-bond donors (Lipinski definition) is 1. The van der Waals surface area contributed by atoms with Crippen LogP contribution in [0.4, 0.5) is 0 Å². The lowest BCUT2D eigenvalue weighted by atomic mass is 9.94. The van der Waals surface area contributed by atoms with E-state index in [1.165, 1.54) is 0 Å². The molecule has 0 radical (unpaired) electrons. The minimum absolute atomic E-state index is 0.0658. The highest BCUT2D eigenvalue weighted by Crippen LogP contribution is 2.30. The number of rotatable bonds is 4. The Labute approximate surface area is 128 Å². The fraction of sp³-hybridized carbons (Fsp3) is 0.625. The summed E-state index contributed by atoms with van der Waals surface area (Å²) in [4.78, 5) is 0.455. The largest absolute Gasteiger partial charge is 0.316 e. The van der Waals surface area contributed by atoms with Crippen LogP contribution in [-0.4, -0.2) is 32.4 Å². The Hall–Kier alpha value is -0.910. The quantitative estimate of drug-likeness (QED) is 0.929. The van der Waals surface area contributed by atoms with Crippen LogP contribution >= 0.6 is 0 Å². The third-order valence-corrected chi connectivity index (χ3v) is 6.80. The molecule has 0 saturated carbocycles. The molecule has 0 bridgehead atoms. The van der Waals surface area contributed by atoms with E-state index >= 15 is 0 Å². The highest BCUT2D eigenvalue weighted by molar-refractivity contribution is 7.89. The summed E-state index contributed by atoms with van der Waals surface area (Å²) in [5.41, 5.74) is 1.90. The zero-order chi connectivity index (χ0) is 15.6. The highest BCUT2D eigenvalue weighted by atomic mass is 32.2. The third-order valence-electron chi connectivity index (χ3n) is 4.67. The molecule has 2 rings (SSSR count). The van der Waals surface area contributed by atoms with Crippen molar-refractivity contribution in [2.75, 3.05) is 13.6 Å². The predicted molar refractivity (Wildman–Crippen MR) is 85.7 cm³/mol. The normalized spacial score (nSPS) is 24.2. The number of sulfonamides is 1. The van der Waals surface area contributed by atoms with E-state index in [4.69, 9.17) is 0 Å². The van der Waals surface area contributed by atoms with E-state index in [0.29, 0.717) is 23.9 Å². The molecule has 2 atom stereocenters. The van der Waals surface area contributed by atoms with E-state index in [-0.39, 0.29) is 6.04 Å². The zero-order valence-corrected chi connectivity index (χ0v) is 14.2. The summed E-state index contributed by atoms with van der Waals surface area (Å²) in [6.45, 7) is 7.37. The molecule has 1 fully saturated rings. The van der Waals surface area contributed by atoms with Gasteiger partial charge in [-0.3, -0.25) is 0 Å². The standard InChI is InChI=1S/C16H26N2O2S/c1-12-7-6-10-18(14(12)3)21(19,20)16-9-5-8-15(11-17-4)13(16)2/h5,8-9,12,14,17H,6-7,10-11H2,1-4H3. The molecule has 1 saturated heterocycles. The molecule has 4 nitrogen and oxygen atoms in total. The molecule has 1 N–H and O–H groups in total. The predicted octanol–water partition coefficient (Wildman–Crippen LogP) is 2.52. The minimum Gasteiger partial charge on any atom is -0.316 e. The second-order valence-corrected chi connectivity index (χ2v) is 7.91. The van der Waals surface area contributed by atoms with Crippen molar-refractivity contribution in [2.45, 2.75) is 51.1 Å². The summed E-state index contributed by atoms with van der Waals surface area (Å²) < 4.78 is 27.7. The monoisotopic (exact) mass is 310 g/mol. The Morgan fingerprint density at radius 3 is 2.71 bits per heavy atom. The fourth-order valence-corrected chi connectivity index (χ4v) is 5.12. The van der Waals surface area contributed by atoms with Crippen molar-refractivity contribution < 1.29 is 8.42 Å². The van der Waals surface area contributed by atoms with E-state index < -0.39 is 10.0 Å². The van der Waals surface area contributed by atoms with Gasteiger partial charge in [0.05, 0.1) is 4.90 Å². The van der Waals surface area contributed by atoms with Crippen LogP contribution < -0.4 is 5.32 Å². The molecule has 1 heterocycles. The van der Waals surface area contributed by atoms with Gasteiger partial charge in [0.1, 0.15) is 0 Å². The second kappa shape index (κ2) is 6.46. The Morgan fingerprint density at radius 1 is 1.33 bits per heavy atom. The molecule has 1 aromatic carbocycles. The summed E-state index contributed by atoms with van der Waals surface area (Å²) in [6, 6.07) is 5.61. The lowest BCUT2D eigenvalue weighted by Crippen LogP contribution is -2.46. The van der Waals surface area contributed by atoms with Crippen molar-refractivity contribution in [3.8, 4) is 0 Å². The zero-order valence-electron chi connectivity index (χ0n) is 13.4. The third kappa shape index (κ3) is 3.15. The van der Waals surface area contributed by atoms with Gasteiger partial charge in [0, 0.05) is 19.1 Å². The van der Waals surface area contributed by atoms with Crippen LogP contribution in [0.15, 0.2) is 23.1 Å². The minimum atomic E-state index is -3.41. The molecule has 0 aliphatic carbocycles. The summed E-state index contributed by atoms with van der Waals surface area (Å²) in [7, 11) is -1.54. The van der Waals surface area contributed by atoms with Crippen LogP contribution in [0.2, 0.25) is 0 Å². The van der Waals surface area contributed by atoms with Gasteiger partial charge in [-0.1, -0.05) is 19.1 Å². The maximum atomic E-state index is 13.0. The molecule has 1 aromatic rings. The van der Waals surface area contributed by atoms with Crippen LogP contribution in [-0.2, 0) is 16.6 Å². The van der Waals surface area contributed by atoms with Crippen LogP contribution in [0.3, 0.4) is 0 Å². The van der Waals surface area contributed by atoms with E-state index in [1.54, 1.807) is 10.4 Å². The number of hydrogen-bond acceptors (Lipinski definition) is 3. The first kappa shape index (κ1) is 16.5. The van der Waals surface area contributed by atoms with Crippen molar-refractivity contribution in [1.82, 2.24) is 9.62 Å². The molecule has 1 aliphatic heterocycles. The van der Waals surface area contributed by atoms with Gasteiger partial charge in [-0.15, -0.1) is 0 Å². The van der Waals surface area contributed by atoms with Gasteiger partial charge < -0.3 is 5.32 Å². The molecule has 0 amide bonds. The lowest BCUT2D eigenvalue weighted by molar-refractivity contribution is 0.202. The molecule has 2 unspecified atom stereocenters. The van der Waals surface area contributed by atoms with Crippen LogP contribution in [0.1, 0.15) is 37.8 Å². The van der Waals surface area contributed by atoms with Gasteiger partial charge in [0.15, 0.2) is 0 Å². The lowest BCUT2D eigenvalue weighted by Gasteiger charge is -2.37. The molecule has 5 heteroatoms. The maximum absolute atomic E-state index is 13.0. The average Bonchev–Trinajstić information content (AvgIpc) is 2.44. The smallest absolute Gasteiger partial charge is 0.243 e. The van der Waals surface area contributed by atoms with E-state index in [9.17, 15) is 8.42 Å². The van der Waals surface area contributed by atoms with E-state index in [0.717, 1.165) is 24.0 Å². The SMILES string of the molecule is CNCc1cccc(S(=O)(=O)N2CCCC(C)C2C)c1C. The number of piperidine rings is 1. The van der Waals surface area contributed by atoms with Gasteiger partial charge in [0.25, 0.3) is 0 Å². The first-order valence-electron chi connectivity index (χ1n) is 7.64. The molecular weight excluding hydrogens is 284 g/mol. The molecule has 1 aliphatic rings. The molecule has 0 spiro atoms. The van der Waals surface area contributed by atoms with Gasteiger partial charge in [-0.25, -0.2) is 8.42 Å². The Bertz CT molecular complexity index is 598. The Morgan fingerprint density at radius 2 is 2.05 bits per heavy atom. The van der Waals surface area contributed by atoms with Gasteiger partial charge in [0.2, 0.25) is 10.0 Å². The van der Waals surface area contributed by atoms with Gasteiger partial charge >= 0.3 is 0 Å². The summed E-state index contributed by atoms with van der Waals surface area (Å²) in [5.74, 6) is 0.411. The number of nitrogens with zero attached hydrogens (tertiary/aromatic N) is 1. The molecular formula is C16H26N2O2S. The van der Waals surface area contributed by atoms with Gasteiger partial charge in [-0.05, 0) is 56.8 Å². The van der Waals surface area contributed by atoms with Crippen molar-refractivity contribution in [2.24, 2.45) is 5.92 Å². The van der Waals surface area contributed by atoms with Gasteiger partial charge in [-0.2, -0.15) is 4.31 Å². The molecule has 0 aromatic heterocycles.